The van der Waals surface area contributed by atoms with Crippen LogP contribution in [0.2, 0.25) is 5.02 Å². The number of aryl methyl sites for hydroxylation is 1. The number of halogens is 1. The molecule has 0 fully saturated rings. The number of nitrogen functional groups attached to an aromatic ring is 1. The second-order valence-corrected chi connectivity index (χ2v) is 5.14. The Kier molecular flexibility index (Phi) is 4.53. The van der Waals surface area contributed by atoms with E-state index in [2.05, 4.69) is 4.98 Å². The van der Waals surface area contributed by atoms with Gasteiger partial charge in [0.2, 0.25) is 0 Å². The van der Waals surface area contributed by atoms with Gasteiger partial charge in [-0.25, -0.2) is 9.78 Å². The van der Waals surface area contributed by atoms with Crippen molar-refractivity contribution >= 4 is 23.4 Å². The number of benzene rings is 1. The van der Waals surface area contributed by atoms with Crippen LogP contribution in [0.4, 0.5) is 5.82 Å². The van der Waals surface area contributed by atoms with Crippen LogP contribution in [0.25, 0.3) is 0 Å². The monoisotopic (exact) mass is 307 g/mol. The number of anilines is 1. The van der Waals surface area contributed by atoms with E-state index in [1.165, 1.54) is 7.11 Å². The molecule has 0 radical (unpaired) electrons. The lowest BCUT2D eigenvalue weighted by molar-refractivity contribution is 0.0595. The van der Waals surface area contributed by atoms with E-state index in [-0.39, 0.29) is 11.7 Å². The molecule has 0 spiro atoms. The Morgan fingerprint density at radius 2 is 2.24 bits per heavy atom. The average Bonchev–Trinajstić information content (AvgIpc) is 2.82. The first-order valence-electron chi connectivity index (χ1n) is 6.69. The molecular formula is C15H18ClN3O2. The Morgan fingerprint density at radius 3 is 2.81 bits per heavy atom. The van der Waals surface area contributed by atoms with E-state index in [4.69, 9.17) is 22.1 Å². The van der Waals surface area contributed by atoms with E-state index in [0.717, 1.165) is 11.4 Å². The Bertz CT molecular complexity index is 667. The van der Waals surface area contributed by atoms with Crippen LogP contribution < -0.4 is 5.73 Å². The molecule has 0 aliphatic heterocycles. The first-order chi connectivity index (χ1) is 9.99. The summed E-state index contributed by atoms with van der Waals surface area (Å²) in [6.07, 6.45) is 0.659. The van der Waals surface area contributed by atoms with Crippen LogP contribution in [-0.4, -0.2) is 22.6 Å². The number of hydrogen-bond acceptors (Lipinski definition) is 4. The van der Waals surface area contributed by atoms with Gasteiger partial charge in [-0.15, -0.1) is 0 Å². The van der Waals surface area contributed by atoms with Gasteiger partial charge in [0, 0.05) is 11.4 Å². The highest BCUT2D eigenvalue weighted by Gasteiger charge is 2.23. The third-order valence-corrected chi connectivity index (χ3v) is 3.67. The third kappa shape index (κ3) is 2.88. The molecule has 2 aromatic rings. The number of methoxy groups -OCH3 is 1. The van der Waals surface area contributed by atoms with Crippen molar-refractivity contribution in [1.82, 2.24) is 9.55 Å². The normalized spacial score (nSPS) is 12.2. The van der Waals surface area contributed by atoms with E-state index in [9.17, 15) is 4.79 Å². The second kappa shape index (κ2) is 6.18. The van der Waals surface area contributed by atoms with Gasteiger partial charge in [0.25, 0.3) is 0 Å². The number of carbonyl (C=O) groups excluding carboxylic acids is 1. The summed E-state index contributed by atoms with van der Waals surface area (Å²) in [6.45, 7) is 3.95. The summed E-state index contributed by atoms with van der Waals surface area (Å²) < 4.78 is 6.56. The number of ether oxygens (including phenoxy) is 1. The highest BCUT2D eigenvalue weighted by atomic mass is 35.5. The van der Waals surface area contributed by atoms with Crippen LogP contribution >= 0.6 is 11.6 Å². The first kappa shape index (κ1) is 15.4. The smallest absolute Gasteiger partial charge is 0.360 e. The number of nitrogens with zero attached hydrogens (tertiary/aromatic N) is 2. The molecule has 1 unspecified atom stereocenters. The number of hydrogen-bond donors (Lipinski definition) is 1. The second-order valence-electron chi connectivity index (χ2n) is 4.71. The highest BCUT2D eigenvalue weighted by molar-refractivity contribution is 6.30. The van der Waals surface area contributed by atoms with Gasteiger partial charge < -0.3 is 15.0 Å². The molecule has 1 aromatic carbocycles. The van der Waals surface area contributed by atoms with Crippen LogP contribution in [0.15, 0.2) is 24.3 Å². The molecule has 21 heavy (non-hydrogen) atoms. The molecule has 6 heteroatoms. The van der Waals surface area contributed by atoms with Crippen LogP contribution in [0.5, 0.6) is 0 Å². The maximum absolute atomic E-state index is 11.7. The van der Waals surface area contributed by atoms with E-state index < -0.39 is 5.97 Å². The van der Waals surface area contributed by atoms with E-state index in [1.807, 2.05) is 42.7 Å². The van der Waals surface area contributed by atoms with Crippen molar-refractivity contribution in [2.75, 3.05) is 12.8 Å². The van der Waals surface area contributed by atoms with Crippen molar-refractivity contribution in [2.24, 2.45) is 0 Å². The maximum atomic E-state index is 11.7. The van der Waals surface area contributed by atoms with Crippen LogP contribution in [0.3, 0.4) is 0 Å². The topological polar surface area (TPSA) is 70.1 Å². The summed E-state index contributed by atoms with van der Waals surface area (Å²) in [6, 6.07) is 7.46. The fraction of sp³-hybridized carbons (Fsp3) is 0.333. The number of nitrogens with two attached hydrogens (primary N) is 1. The molecule has 0 bridgehead atoms. The standard InChI is InChI=1S/C15H18ClN3O2/c1-4-12-18-13(15(20)21-3)14(17)19(12)9(2)10-6-5-7-11(16)8-10/h5-9H,4,17H2,1-3H3. The lowest BCUT2D eigenvalue weighted by atomic mass is 10.1. The minimum absolute atomic E-state index is 0.0791. The minimum Gasteiger partial charge on any atom is -0.464 e. The quantitative estimate of drug-likeness (QED) is 0.881. The zero-order valence-electron chi connectivity index (χ0n) is 12.3. The number of rotatable bonds is 4. The number of esters is 1. The van der Waals surface area contributed by atoms with Gasteiger partial charge in [-0.05, 0) is 24.6 Å². The van der Waals surface area contributed by atoms with Gasteiger partial charge >= 0.3 is 5.97 Å². The lowest BCUT2D eigenvalue weighted by Crippen LogP contribution is -2.14. The summed E-state index contributed by atoms with van der Waals surface area (Å²) in [7, 11) is 1.31. The van der Waals surface area contributed by atoms with E-state index in [0.29, 0.717) is 17.3 Å². The van der Waals surface area contributed by atoms with E-state index in [1.54, 1.807) is 0 Å². The predicted octanol–water partition coefficient (Wildman–Crippen LogP) is 3.08. The van der Waals surface area contributed by atoms with Crippen molar-refractivity contribution in [3.63, 3.8) is 0 Å². The molecule has 0 amide bonds. The Morgan fingerprint density at radius 1 is 1.52 bits per heavy atom. The number of aromatic nitrogens is 2. The number of carbonyl (C=O) groups is 1. The zero-order chi connectivity index (χ0) is 15.6. The Balaban J connectivity index is 2.52. The minimum atomic E-state index is -0.528. The van der Waals surface area contributed by atoms with Crippen molar-refractivity contribution < 1.29 is 9.53 Å². The van der Waals surface area contributed by atoms with Crippen molar-refractivity contribution in [1.29, 1.82) is 0 Å². The van der Waals surface area contributed by atoms with Gasteiger partial charge in [0.15, 0.2) is 5.69 Å². The molecule has 112 valence electrons. The summed E-state index contributed by atoms with van der Waals surface area (Å²) >= 11 is 6.04. The van der Waals surface area contributed by atoms with Gasteiger partial charge in [-0.1, -0.05) is 30.7 Å². The molecule has 0 aliphatic carbocycles. The predicted molar refractivity (Wildman–Crippen MR) is 82.6 cm³/mol. The van der Waals surface area contributed by atoms with Gasteiger partial charge in [-0.3, -0.25) is 0 Å². The summed E-state index contributed by atoms with van der Waals surface area (Å²) in [5.41, 5.74) is 7.25. The summed E-state index contributed by atoms with van der Waals surface area (Å²) in [5, 5.41) is 0.657. The van der Waals surface area contributed by atoms with Gasteiger partial charge in [-0.2, -0.15) is 0 Å². The molecule has 0 saturated carbocycles. The largest absolute Gasteiger partial charge is 0.464 e. The van der Waals surface area contributed by atoms with Crippen LogP contribution in [0, 0.1) is 0 Å². The van der Waals surface area contributed by atoms with Crippen LogP contribution in [-0.2, 0) is 11.2 Å². The fourth-order valence-electron chi connectivity index (χ4n) is 2.34. The zero-order valence-corrected chi connectivity index (χ0v) is 13.0. The molecule has 0 saturated heterocycles. The molecular weight excluding hydrogens is 290 g/mol. The molecule has 1 atom stereocenters. The number of imidazole rings is 1. The molecule has 2 N–H and O–H groups in total. The lowest BCUT2D eigenvalue weighted by Gasteiger charge is -2.18. The van der Waals surface area contributed by atoms with Crippen LogP contribution in [0.1, 0.15) is 41.8 Å². The maximum Gasteiger partial charge on any atom is 0.360 e. The summed E-state index contributed by atoms with van der Waals surface area (Å²) in [5.74, 6) is 0.519. The SMILES string of the molecule is CCc1nc(C(=O)OC)c(N)n1C(C)c1cccc(Cl)c1. The molecule has 5 nitrogen and oxygen atoms in total. The fourth-order valence-corrected chi connectivity index (χ4v) is 2.54. The van der Waals surface area contributed by atoms with Crippen molar-refractivity contribution in [3.05, 3.63) is 46.4 Å². The molecule has 1 heterocycles. The van der Waals surface area contributed by atoms with E-state index >= 15 is 0 Å². The molecule has 1 aromatic heterocycles. The van der Waals surface area contributed by atoms with Crippen molar-refractivity contribution in [3.8, 4) is 0 Å². The van der Waals surface area contributed by atoms with Gasteiger partial charge in [0.05, 0.1) is 13.2 Å². The Labute approximate surface area is 128 Å². The molecule has 0 aliphatic rings. The summed E-state index contributed by atoms with van der Waals surface area (Å²) in [4.78, 5) is 16.0. The van der Waals surface area contributed by atoms with Crippen molar-refractivity contribution in [2.45, 2.75) is 26.3 Å². The average molecular weight is 308 g/mol. The van der Waals surface area contributed by atoms with Gasteiger partial charge in [0.1, 0.15) is 11.6 Å². The molecule has 2 rings (SSSR count). The highest BCUT2D eigenvalue weighted by Crippen LogP contribution is 2.27. The first-order valence-corrected chi connectivity index (χ1v) is 7.07. The third-order valence-electron chi connectivity index (χ3n) is 3.43. The Hall–Kier alpha value is -2.01.